The average molecular weight is 419 g/mol. The smallest absolute Gasteiger partial charge is 0.261 e. The van der Waals surface area contributed by atoms with Gasteiger partial charge >= 0.3 is 0 Å². The van der Waals surface area contributed by atoms with Gasteiger partial charge in [0.15, 0.2) is 0 Å². The minimum Gasteiger partial charge on any atom is -0.496 e. The van der Waals surface area contributed by atoms with Crippen molar-refractivity contribution in [3.63, 3.8) is 0 Å². The highest BCUT2D eigenvalue weighted by Gasteiger charge is 2.24. The lowest BCUT2D eigenvalue weighted by atomic mass is 10.0. The van der Waals surface area contributed by atoms with Gasteiger partial charge in [0.2, 0.25) is 0 Å². The van der Waals surface area contributed by atoms with E-state index in [4.69, 9.17) is 9.47 Å². The van der Waals surface area contributed by atoms with Crippen LogP contribution in [0.5, 0.6) is 5.75 Å². The summed E-state index contributed by atoms with van der Waals surface area (Å²) >= 11 is 0. The van der Waals surface area contributed by atoms with Crippen molar-refractivity contribution in [2.24, 2.45) is 0 Å². The summed E-state index contributed by atoms with van der Waals surface area (Å²) < 4.78 is 38.7. The summed E-state index contributed by atoms with van der Waals surface area (Å²) in [6, 6.07) is 8.44. The Labute approximate surface area is 171 Å². The number of carbonyl (C=O) groups excluding carboxylic acids is 1. The molecule has 0 bridgehead atoms. The molecule has 0 fully saturated rings. The highest BCUT2D eigenvalue weighted by Crippen LogP contribution is 2.32. The first-order valence-electron chi connectivity index (χ1n) is 9.37. The van der Waals surface area contributed by atoms with Gasteiger partial charge in [-0.25, -0.2) is 8.42 Å². The number of methoxy groups -OCH3 is 2. The molecule has 0 saturated heterocycles. The number of nitrogens with zero attached hydrogens (tertiary/aromatic N) is 1. The summed E-state index contributed by atoms with van der Waals surface area (Å²) in [5.41, 5.74) is 3.72. The highest BCUT2D eigenvalue weighted by molar-refractivity contribution is 7.92. The molecular formula is C21H26N2O5S. The molecule has 1 heterocycles. The third kappa shape index (κ3) is 4.38. The maximum absolute atomic E-state index is 12.9. The van der Waals surface area contributed by atoms with Gasteiger partial charge in [-0.2, -0.15) is 0 Å². The van der Waals surface area contributed by atoms with Gasteiger partial charge in [-0.3, -0.25) is 9.52 Å². The summed E-state index contributed by atoms with van der Waals surface area (Å²) in [5.74, 6) is 0.574. The first kappa shape index (κ1) is 21.1. The molecular weight excluding hydrogens is 392 g/mol. The fourth-order valence-corrected chi connectivity index (χ4v) is 4.94. The molecule has 0 atom stereocenters. The summed E-state index contributed by atoms with van der Waals surface area (Å²) in [5, 5.41) is 0. The standard InChI is InChI=1S/C21H26N2O5S/c1-14-10-18(11-15(2)21(14)28-4)29(25,26)22-17-7-8-19-16(12-17)6-5-9-23(19)20(24)13-27-3/h7-8,10-12,22H,5-6,9,13H2,1-4H3. The summed E-state index contributed by atoms with van der Waals surface area (Å²) in [6.07, 6.45) is 1.60. The van der Waals surface area contributed by atoms with Crippen molar-refractivity contribution in [3.8, 4) is 5.75 Å². The van der Waals surface area contributed by atoms with Gasteiger partial charge in [0.1, 0.15) is 12.4 Å². The number of nitrogens with one attached hydrogen (secondary N) is 1. The van der Waals surface area contributed by atoms with Crippen molar-refractivity contribution in [2.75, 3.05) is 37.0 Å². The number of sulfonamides is 1. The minimum absolute atomic E-state index is 0.0178. The van der Waals surface area contributed by atoms with Gasteiger partial charge in [-0.05, 0) is 73.7 Å². The van der Waals surface area contributed by atoms with Crippen LogP contribution in [0.4, 0.5) is 11.4 Å². The molecule has 0 aliphatic carbocycles. The van der Waals surface area contributed by atoms with Crippen LogP contribution in [0.3, 0.4) is 0 Å². The number of benzene rings is 2. The normalized spacial score (nSPS) is 13.7. The maximum atomic E-state index is 12.9. The van der Waals surface area contributed by atoms with Gasteiger partial charge in [0.05, 0.1) is 12.0 Å². The third-order valence-corrected chi connectivity index (χ3v) is 6.33. The van der Waals surface area contributed by atoms with E-state index in [0.717, 1.165) is 35.2 Å². The summed E-state index contributed by atoms with van der Waals surface area (Å²) in [6.45, 7) is 4.28. The quantitative estimate of drug-likeness (QED) is 0.779. The van der Waals surface area contributed by atoms with E-state index < -0.39 is 10.0 Å². The fraction of sp³-hybridized carbons (Fsp3) is 0.381. The second-order valence-corrected chi connectivity index (χ2v) is 8.80. The van der Waals surface area contributed by atoms with Crippen LogP contribution in [0.15, 0.2) is 35.2 Å². The minimum atomic E-state index is -3.75. The van der Waals surface area contributed by atoms with Crippen molar-refractivity contribution < 1.29 is 22.7 Å². The fourth-order valence-electron chi connectivity index (χ4n) is 3.72. The van der Waals surface area contributed by atoms with Crippen LogP contribution >= 0.6 is 0 Å². The second-order valence-electron chi connectivity index (χ2n) is 7.12. The number of aryl methyl sites for hydroxylation is 3. The molecule has 1 N–H and O–H groups in total. The molecule has 1 aliphatic rings. The van der Waals surface area contributed by atoms with E-state index in [1.807, 2.05) is 13.8 Å². The van der Waals surface area contributed by atoms with Crippen LogP contribution in [0.25, 0.3) is 0 Å². The Balaban J connectivity index is 1.88. The van der Waals surface area contributed by atoms with E-state index in [9.17, 15) is 13.2 Å². The molecule has 2 aromatic rings. The van der Waals surface area contributed by atoms with Crippen molar-refractivity contribution in [2.45, 2.75) is 31.6 Å². The molecule has 8 heteroatoms. The number of fused-ring (bicyclic) bond motifs is 1. The molecule has 29 heavy (non-hydrogen) atoms. The van der Waals surface area contributed by atoms with Gasteiger partial charge in [0.25, 0.3) is 15.9 Å². The van der Waals surface area contributed by atoms with Crippen LogP contribution in [-0.4, -0.2) is 41.7 Å². The zero-order valence-electron chi connectivity index (χ0n) is 17.1. The monoisotopic (exact) mass is 418 g/mol. The number of ether oxygens (including phenoxy) is 2. The number of rotatable bonds is 6. The first-order chi connectivity index (χ1) is 13.8. The molecule has 0 aromatic heterocycles. The molecule has 2 aromatic carbocycles. The van der Waals surface area contributed by atoms with Gasteiger partial charge in [-0.15, -0.1) is 0 Å². The van der Waals surface area contributed by atoms with E-state index in [0.29, 0.717) is 18.0 Å². The Morgan fingerprint density at radius 2 is 1.83 bits per heavy atom. The van der Waals surface area contributed by atoms with Crippen LogP contribution in [0, 0.1) is 13.8 Å². The van der Waals surface area contributed by atoms with E-state index >= 15 is 0 Å². The van der Waals surface area contributed by atoms with E-state index in [1.54, 1.807) is 42.3 Å². The van der Waals surface area contributed by atoms with Crippen LogP contribution in [0.1, 0.15) is 23.1 Å². The Kier molecular flexibility index (Phi) is 6.14. The van der Waals surface area contributed by atoms with E-state index in [1.165, 1.54) is 7.11 Å². The Hall–Kier alpha value is -2.58. The second kappa shape index (κ2) is 8.42. The lowest BCUT2D eigenvalue weighted by Crippen LogP contribution is -2.37. The lowest BCUT2D eigenvalue weighted by molar-refractivity contribution is -0.122. The largest absolute Gasteiger partial charge is 0.496 e. The van der Waals surface area contributed by atoms with Gasteiger partial charge in [-0.1, -0.05) is 0 Å². The zero-order valence-corrected chi connectivity index (χ0v) is 17.9. The Bertz CT molecular complexity index is 1010. The molecule has 156 valence electrons. The summed E-state index contributed by atoms with van der Waals surface area (Å²) in [7, 11) is -0.700. The number of amides is 1. The third-order valence-electron chi connectivity index (χ3n) is 4.97. The van der Waals surface area contributed by atoms with Crippen molar-refractivity contribution in [1.82, 2.24) is 0 Å². The van der Waals surface area contributed by atoms with Crippen LogP contribution in [0.2, 0.25) is 0 Å². The zero-order chi connectivity index (χ0) is 21.2. The number of anilines is 2. The Morgan fingerprint density at radius 1 is 1.14 bits per heavy atom. The maximum Gasteiger partial charge on any atom is 0.261 e. The average Bonchev–Trinajstić information content (AvgIpc) is 2.67. The van der Waals surface area contributed by atoms with Crippen LogP contribution in [-0.2, 0) is 26.0 Å². The molecule has 0 spiro atoms. The predicted molar refractivity (Wildman–Crippen MR) is 112 cm³/mol. The van der Waals surface area contributed by atoms with Crippen molar-refractivity contribution >= 4 is 27.3 Å². The van der Waals surface area contributed by atoms with E-state index in [2.05, 4.69) is 4.72 Å². The van der Waals surface area contributed by atoms with Gasteiger partial charge < -0.3 is 14.4 Å². The van der Waals surface area contributed by atoms with Crippen molar-refractivity contribution in [3.05, 3.63) is 47.0 Å². The molecule has 7 nitrogen and oxygen atoms in total. The molecule has 1 aliphatic heterocycles. The number of hydrogen-bond acceptors (Lipinski definition) is 5. The predicted octanol–water partition coefficient (Wildman–Crippen LogP) is 3.04. The molecule has 0 saturated carbocycles. The summed E-state index contributed by atoms with van der Waals surface area (Å²) in [4.78, 5) is 14.1. The van der Waals surface area contributed by atoms with E-state index in [-0.39, 0.29) is 17.4 Å². The lowest BCUT2D eigenvalue weighted by Gasteiger charge is -2.29. The molecule has 0 radical (unpaired) electrons. The molecule has 3 rings (SSSR count). The van der Waals surface area contributed by atoms with Gasteiger partial charge in [0, 0.05) is 25.0 Å². The first-order valence-corrected chi connectivity index (χ1v) is 10.9. The topological polar surface area (TPSA) is 84.9 Å². The van der Waals surface area contributed by atoms with Crippen molar-refractivity contribution in [1.29, 1.82) is 0 Å². The number of hydrogen-bond donors (Lipinski definition) is 1. The SMILES string of the molecule is COCC(=O)N1CCCc2cc(NS(=O)(=O)c3cc(C)c(OC)c(C)c3)ccc21. The molecule has 0 unspecified atom stereocenters. The number of carbonyl (C=O) groups is 1. The molecule has 1 amide bonds. The Morgan fingerprint density at radius 3 is 2.45 bits per heavy atom. The highest BCUT2D eigenvalue weighted by atomic mass is 32.2. The van der Waals surface area contributed by atoms with Crippen LogP contribution < -0.4 is 14.4 Å².